The van der Waals surface area contributed by atoms with E-state index in [0.717, 1.165) is 22.8 Å². The lowest BCUT2D eigenvalue weighted by Gasteiger charge is -2.17. The van der Waals surface area contributed by atoms with Gasteiger partial charge >= 0.3 is 0 Å². The number of aromatic nitrogens is 2. The van der Waals surface area contributed by atoms with Gasteiger partial charge in [0.15, 0.2) is 0 Å². The zero-order valence-electron chi connectivity index (χ0n) is 10.8. The molecule has 1 aromatic carbocycles. The van der Waals surface area contributed by atoms with Crippen LogP contribution in [0.1, 0.15) is 27.3 Å². The van der Waals surface area contributed by atoms with E-state index in [1.807, 2.05) is 6.07 Å². The molecule has 1 aliphatic heterocycles. The predicted octanol–water partition coefficient (Wildman–Crippen LogP) is 1.98. The van der Waals surface area contributed by atoms with Gasteiger partial charge < -0.3 is 10.6 Å². The van der Waals surface area contributed by atoms with Crippen molar-refractivity contribution in [3.8, 4) is 0 Å². The molecule has 0 aliphatic carbocycles. The first-order valence-electron chi connectivity index (χ1n) is 6.16. The normalized spacial score (nSPS) is 13.6. The molecule has 2 N–H and O–H groups in total. The summed E-state index contributed by atoms with van der Waals surface area (Å²) in [6, 6.07) is 5.46. The van der Waals surface area contributed by atoms with E-state index in [0.29, 0.717) is 29.1 Å². The van der Waals surface area contributed by atoms with E-state index in [2.05, 4.69) is 20.2 Å². The Bertz CT molecular complexity index is 695. The van der Waals surface area contributed by atoms with E-state index in [-0.39, 0.29) is 11.8 Å². The topological polar surface area (TPSA) is 84.0 Å². The summed E-state index contributed by atoms with van der Waals surface area (Å²) in [6.45, 7) is 1.75. The molecule has 2 amide bonds. The molecule has 0 fully saturated rings. The Kier molecular flexibility index (Phi) is 3.19. The van der Waals surface area contributed by atoms with Gasteiger partial charge in [-0.05, 0) is 48.6 Å². The number of aryl methyl sites for hydroxylation is 2. The van der Waals surface area contributed by atoms with Crippen LogP contribution in [0.25, 0.3) is 0 Å². The number of anilines is 2. The van der Waals surface area contributed by atoms with Crippen molar-refractivity contribution >= 4 is 34.7 Å². The van der Waals surface area contributed by atoms with Crippen molar-refractivity contribution in [1.29, 1.82) is 0 Å². The first-order valence-corrected chi connectivity index (χ1v) is 6.94. The molecule has 0 atom stereocenters. The maximum Gasteiger partial charge on any atom is 0.269 e. The lowest BCUT2D eigenvalue weighted by molar-refractivity contribution is -0.116. The lowest BCUT2D eigenvalue weighted by atomic mass is 10.0. The molecular formula is C13H12N4O2S. The highest BCUT2D eigenvalue weighted by Gasteiger charge is 2.17. The Balaban J connectivity index is 1.80. The number of fused-ring (bicyclic) bond motifs is 1. The molecule has 6 nitrogen and oxygen atoms in total. The standard InChI is InChI=1S/C13H12N4O2S/c1-7-12(20-17-16-7)13(19)14-9-3-4-10-8(6-9)2-5-11(18)15-10/h3-4,6H,2,5H2,1H3,(H,14,19)(H,15,18). The number of benzene rings is 1. The SMILES string of the molecule is Cc1nnsc1C(=O)Nc1ccc2c(c1)CCC(=O)N2. The van der Waals surface area contributed by atoms with Crippen LogP contribution in [-0.4, -0.2) is 21.4 Å². The fraction of sp³-hybridized carbons (Fsp3) is 0.231. The summed E-state index contributed by atoms with van der Waals surface area (Å²) in [5.74, 6) is -0.182. The summed E-state index contributed by atoms with van der Waals surface area (Å²) < 4.78 is 3.75. The van der Waals surface area contributed by atoms with Crippen molar-refractivity contribution in [3.05, 3.63) is 34.3 Å². The second-order valence-corrected chi connectivity index (χ2v) is 5.32. The monoisotopic (exact) mass is 288 g/mol. The average molecular weight is 288 g/mol. The van der Waals surface area contributed by atoms with Crippen LogP contribution in [0.4, 0.5) is 11.4 Å². The third-order valence-corrected chi connectivity index (χ3v) is 3.94. The maximum atomic E-state index is 12.1. The van der Waals surface area contributed by atoms with Crippen LogP contribution in [0, 0.1) is 6.92 Å². The summed E-state index contributed by atoms with van der Waals surface area (Å²) in [7, 11) is 0. The molecule has 0 saturated heterocycles. The van der Waals surface area contributed by atoms with Crippen molar-refractivity contribution in [2.24, 2.45) is 0 Å². The minimum Gasteiger partial charge on any atom is -0.326 e. The molecule has 0 saturated carbocycles. The van der Waals surface area contributed by atoms with Gasteiger partial charge in [0, 0.05) is 17.8 Å². The zero-order valence-corrected chi connectivity index (χ0v) is 11.6. The number of rotatable bonds is 2. The van der Waals surface area contributed by atoms with Crippen molar-refractivity contribution < 1.29 is 9.59 Å². The summed E-state index contributed by atoms with van der Waals surface area (Å²) in [5.41, 5.74) is 3.17. The highest BCUT2D eigenvalue weighted by molar-refractivity contribution is 7.08. The highest BCUT2D eigenvalue weighted by atomic mass is 32.1. The second-order valence-electron chi connectivity index (χ2n) is 4.56. The van der Waals surface area contributed by atoms with Gasteiger partial charge in [-0.1, -0.05) is 4.49 Å². The van der Waals surface area contributed by atoms with E-state index in [1.54, 1.807) is 19.1 Å². The fourth-order valence-electron chi connectivity index (χ4n) is 2.09. The lowest BCUT2D eigenvalue weighted by Crippen LogP contribution is -2.19. The van der Waals surface area contributed by atoms with Crippen LogP contribution < -0.4 is 10.6 Å². The third kappa shape index (κ3) is 2.39. The predicted molar refractivity (Wildman–Crippen MR) is 76.0 cm³/mol. The van der Waals surface area contributed by atoms with Crippen LogP contribution in [-0.2, 0) is 11.2 Å². The first kappa shape index (κ1) is 12.7. The molecule has 20 heavy (non-hydrogen) atoms. The Morgan fingerprint density at radius 2 is 2.25 bits per heavy atom. The summed E-state index contributed by atoms with van der Waals surface area (Å²) in [4.78, 5) is 23.9. The number of carbonyl (C=O) groups excluding carboxylic acids is 2. The molecule has 2 heterocycles. The molecule has 1 aromatic heterocycles. The molecule has 7 heteroatoms. The van der Waals surface area contributed by atoms with Crippen molar-refractivity contribution in [1.82, 2.24) is 9.59 Å². The van der Waals surface area contributed by atoms with Gasteiger partial charge in [0.25, 0.3) is 5.91 Å². The van der Waals surface area contributed by atoms with Gasteiger partial charge in [-0.25, -0.2) is 0 Å². The van der Waals surface area contributed by atoms with Gasteiger partial charge in [-0.2, -0.15) is 0 Å². The number of amides is 2. The highest BCUT2D eigenvalue weighted by Crippen LogP contribution is 2.26. The number of nitrogens with zero attached hydrogens (tertiary/aromatic N) is 2. The van der Waals surface area contributed by atoms with Crippen LogP contribution in [0.5, 0.6) is 0 Å². The number of carbonyl (C=O) groups is 2. The molecule has 3 rings (SSSR count). The van der Waals surface area contributed by atoms with E-state index in [9.17, 15) is 9.59 Å². The zero-order chi connectivity index (χ0) is 14.1. The molecule has 0 unspecified atom stereocenters. The minimum absolute atomic E-state index is 0.0284. The van der Waals surface area contributed by atoms with Crippen LogP contribution in [0.15, 0.2) is 18.2 Å². The quantitative estimate of drug-likeness (QED) is 0.885. The molecule has 1 aliphatic rings. The molecule has 2 aromatic rings. The van der Waals surface area contributed by atoms with Gasteiger partial charge in [0.1, 0.15) is 4.88 Å². The number of nitrogens with one attached hydrogen (secondary N) is 2. The second kappa shape index (κ2) is 5.01. The Morgan fingerprint density at radius 1 is 1.40 bits per heavy atom. The average Bonchev–Trinajstić information content (AvgIpc) is 2.85. The Labute approximate surface area is 119 Å². The maximum absolute atomic E-state index is 12.1. The fourth-order valence-corrected chi connectivity index (χ4v) is 2.64. The summed E-state index contributed by atoms with van der Waals surface area (Å²) in [6.07, 6.45) is 1.16. The molecule has 0 radical (unpaired) electrons. The summed E-state index contributed by atoms with van der Waals surface area (Å²) >= 11 is 1.08. The minimum atomic E-state index is -0.211. The molecular weight excluding hydrogens is 276 g/mol. The third-order valence-electron chi connectivity index (χ3n) is 3.12. The summed E-state index contributed by atoms with van der Waals surface area (Å²) in [5, 5.41) is 9.45. The van der Waals surface area contributed by atoms with Crippen molar-refractivity contribution in [3.63, 3.8) is 0 Å². The molecule has 0 bridgehead atoms. The van der Waals surface area contributed by atoms with Gasteiger partial charge in [-0.3, -0.25) is 9.59 Å². The smallest absolute Gasteiger partial charge is 0.269 e. The van der Waals surface area contributed by atoms with Gasteiger partial charge in [0.05, 0.1) is 5.69 Å². The van der Waals surface area contributed by atoms with Crippen LogP contribution in [0.3, 0.4) is 0 Å². The number of hydrogen-bond acceptors (Lipinski definition) is 5. The van der Waals surface area contributed by atoms with Crippen LogP contribution in [0.2, 0.25) is 0 Å². The van der Waals surface area contributed by atoms with Crippen LogP contribution >= 0.6 is 11.5 Å². The van der Waals surface area contributed by atoms with Gasteiger partial charge in [0.2, 0.25) is 5.91 Å². The van der Waals surface area contributed by atoms with Crippen molar-refractivity contribution in [2.45, 2.75) is 19.8 Å². The van der Waals surface area contributed by atoms with E-state index < -0.39 is 0 Å². The van der Waals surface area contributed by atoms with E-state index in [1.165, 1.54) is 0 Å². The van der Waals surface area contributed by atoms with E-state index >= 15 is 0 Å². The first-order chi connectivity index (χ1) is 9.63. The van der Waals surface area contributed by atoms with Crippen molar-refractivity contribution in [2.75, 3.05) is 10.6 Å². The molecule has 102 valence electrons. The number of hydrogen-bond donors (Lipinski definition) is 2. The Morgan fingerprint density at radius 3 is 3.00 bits per heavy atom. The van der Waals surface area contributed by atoms with E-state index in [4.69, 9.17) is 0 Å². The Hall–Kier alpha value is -2.28. The van der Waals surface area contributed by atoms with Gasteiger partial charge in [-0.15, -0.1) is 5.10 Å². The largest absolute Gasteiger partial charge is 0.326 e. The molecule has 0 spiro atoms.